The van der Waals surface area contributed by atoms with Gasteiger partial charge >= 0.3 is 5.97 Å². The number of nitrogens with two attached hydrogens (primary N) is 3. The Labute approximate surface area is 342 Å². The van der Waals surface area contributed by atoms with E-state index >= 15 is 0 Å². The Morgan fingerprint density at radius 3 is 2.17 bits per heavy atom. The van der Waals surface area contributed by atoms with Gasteiger partial charge in [0.2, 0.25) is 29.5 Å². The van der Waals surface area contributed by atoms with Gasteiger partial charge in [-0.3, -0.25) is 29.0 Å². The number of unbranched alkanes of at least 4 members (excludes halogenated alkanes) is 1. The summed E-state index contributed by atoms with van der Waals surface area (Å²) in [5.74, 6) is -4.06. The molecule has 0 aliphatic carbocycles. The SMILES string of the molecule is CC[C@H](C)[C@H](NC(=O)CN(CCc1ccc(O)cc1)C(=O)[C@@H]1CCCN1C(=O)[C@H](CCCCN)NC(=O)[C@H](CCCN=C(N)N)NC)C(=O)N[C@@H](CC(C)C)C(=O)O. The van der Waals surface area contributed by atoms with Crippen LogP contribution in [-0.4, -0.2) is 131 Å². The molecule has 1 saturated heterocycles. The van der Waals surface area contributed by atoms with Crippen molar-refractivity contribution < 1.29 is 39.0 Å². The molecule has 5 amide bonds. The molecule has 1 fully saturated rings. The number of likely N-dealkylation sites (N-methyl/N-ethyl adjacent to an activating group) is 1. The third-order valence-electron chi connectivity index (χ3n) is 10.4. The van der Waals surface area contributed by atoms with E-state index in [0.717, 1.165) is 5.56 Å². The van der Waals surface area contributed by atoms with Crippen LogP contribution in [0.2, 0.25) is 0 Å². The van der Waals surface area contributed by atoms with E-state index in [0.29, 0.717) is 70.9 Å². The van der Waals surface area contributed by atoms with Crippen LogP contribution < -0.4 is 38.5 Å². The highest BCUT2D eigenvalue weighted by Crippen LogP contribution is 2.23. The van der Waals surface area contributed by atoms with E-state index in [2.05, 4.69) is 26.3 Å². The van der Waals surface area contributed by atoms with Crippen LogP contribution in [0.15, 0.2) is 29.3 Å². The quantitative estimate of drug-likeness (QED) is 0.0343. The number of rotatable bonds is 26. The van der Waals surface area contributed by atoms with Crippen molar-refractivity contribution in [3.63, 3.8) is 0 Å². The van der Waals surface area contributed by atoms with Crippen LogP contribution in [0.25, 0.3) is 0 Å². The third-order valence-corrected chi connectivity index (χ3v) is 10.4. The van der Waals surface area contributed by atoms with E-state index in [9.17, 15) is 39.0 Å². The number of aliphatic imine (C=N–C) groups is 1. The lowest BCUT2D eigenvalue weighted by Gasteiger charge is -2.33. The normalized spacial score (nSPS) is 16.4. The maximum Gasteiger partial charge on any atom is 0.326 e. The number of aliphatic carboxylic acids is 1. The zero-order chi connectivity index (χ0) is 43.4. The summed E-state index contributed by atoms with van der Waals surface area (Å²) in [5.41, 5.74) is 17.4. The first kappa shape index (κ1) is 49.2. The molecule has 1 aromatic rings. The summed E-state index contributed by atoms with van der Waals surface area (Å²) >= 11 is 0. The van der Waals surface area contributed by atoms with Crippen LogP contribution in [0.3, 0.4) is 0 Å². The second kappa shape index (κ2) is 25.4. The fourth-order valence-corrected chi connectivity index (χ4v) is 6.87. The Balaban J connectivity index is 2.36. The van der Waals surface area contributed by atoms with Crippen LogP contribution in [0.5, 0.6) is 5.75 Å². The number of carboxylic acids is 1. The number of carboxylic acid groups (broad SMARTS) is 1. The Morgan fingerprint density at radius 1 is 0.931 bits per heavy atom. The molecule has 18 heteroatoms. The molecule has 1 aromatic carbocycles. The van der Waals surface area contributed by atoms with Crippen LogP contribution in [0.4, 0.5) is 0 Å². The number of hydrogen-bond acceptors (Lipinski definition) is 10. The Hall–Kier alpha value is -4.97. The van der Waals surface area contributed by atoms with E-state index in [1.54, 1.807) is 26.1 Å². The number of carbonyl (C=O) groups is 6. The van der Waals surface area contributed by atoms with Gasteiger partial charge in [0.1, 0.15) is 29.9 Å². The van der Waals surface area contributed by atoms with E-state index < -0.39 is 66.4 Å². The van der Waals surface area contributed by atoms with Crippen LogP contribution >= 0.6 is 0 Å². The molecule has 58 heavy (non-hydrogen) atoms. The van der Waals surface area contributed by atoms with Crippen molar-refractivity contribution in [1.29, 1.82) is 0 Å². The van der Waals surface area contributed by atoms with Crippen molar-refractivity contribution in [2.24, 2.45) is 34.0 Å². The standard InChI is InChI=1S/C40H68N10O8/c1-6-26(4)34(36(54)47-31(39(57)58)23-25(2)3)48-33(52)24-49(22-18-27-14-16-28(51)17-15-27)38(56)32-13-10-21-50(32)37(55)30(11-7-8-19-41)46-35(53)29(44-5)12-9-20-45-40(42)43/h14-17,25-26,29-32,34,44,51H,6-13,18-24,41H2,1-5H3,(H,46,53)(H,47,54)(H,48,52)(H,57,58)(H4,42,43,45)/t26-,29-,30-,31-,32-,34-/m0/s1. The van der Waals surface area contributed by atoms with E-state index in [1.165, 1.54) is 21.9 Å². The predicted octanol–water partition coefficient (Wildman–Crippen LogP) is 0.156. The molecule has 326 valence electrons. The zero-order valence-corrected chi connectivity index (χ0v) is 34.9. The number of aromatic hydroxyl groups is 1. The van der Waals surface area contributed by atoms with Crippen LogP contribution in [0, 0.1) is 11.8 Å². The largest absolute Gasteiger partial charge is 0.508 e. The monoisotopic (exact) mass is 817 g/mol. The fourth-order valence-electron chi connectivity index (χ4n) is 6.87. The van der Waals surface area contributed by atoms with Crippen molar-refractivity contribution in [2.75, 3.05) is 39.8 Å². The number of hydrogen-bond donors (Lipinski definition) is 9. The van der Waals surface area contributed by atoms with Crippen molar-refractivity contribution in [3.8, 4) is 5.75 Å². The summed E-state index contributed by atoms with van der Waals surface area (Å²) < 4.78 is 0. The molecule has 0 radical (unpaired) electrons. The minimum Gasteiger partial charge on any atom is -0.508 e. The van der Waals surface area contributed by atoms with Gasteiger partial charge in [-0.1, -0.05) is 46.2 Å². The number of phenols is 1. The molecule has 6 atom stereocenters. The van der Waals surface area contributed by atoms with Crippen molar-refractivity contribution >= 4 is 41.5 Å². The molecule has 1 heterocycles. The molecule has 2 rings (SSSR count). The van der Waals surface area contributed by atoms with E-state index in [4.69, 9.17) is 17.2 Å². The lowest BCUT2D eigenvalue weighted by atomic mass is 9.97. The number of nitrogens with one attached hydrogen (secondary N) is 4. The average molecular weight is 817 g/mol. The lowest BCUT2D eigenvalue weighted by molar-refractivity contribution is -0.147. The first-order valence-corrected chi connectivity index (χ1v) is 20.5. The summed E-state index contributed by atoms with van der Waals surface area (Å²) in [4.78, 5) is 88.2. The Morgan fingerprint density at radius 2 is 1.59 bits per heavy atom. The maximum atomic E-state index is 14.5. The topological polar surface area (TPSA) is 288 Å². The highest BCUT2D eigenvalue weighted by atomic mass is 16.4. The molecule has 0 unspecified atom stereocenters. The molecule has 0 saturated carbocycles. The van der Waals surface area contributed by atoms with Gasteiger partial charge in [-0.05, 0) is 101 Å². The maximum absolute atomic E-state index is 14.5. The van der Waals surface area contributed by atoms with Crippen molar-refractivity contribution in [2.45, 2.75) is 122 Å². The summed E-state index contributed by atoms with van der Waals surface area (Å²) in [7, 11) is 1.64. The third kappa shape index (κ3) is 16.5. The van der Waals surface area contributed by atoms with Gasteiger partial charge in [0.15, 0.2) is 5.96 Å². The smallest absolute Gasteiger partial charge is 0.326 e. The van der Waals surface area contributed by atoms with Gasteiger partial charge in [-0.2, -0.15) is 0 Å². The first-order valence-electron chi connectivity index (χ1n) is 20.5. The average Bonchev–Trinajstić information content (AvgIpc) is 3.67. The number of guanidine groups is 1. The second-order valence-electron chi connectivity index (χ2n) is 15.5. The van der Waals surface area contributed by atoms with Gasteiger partial charge in [0, 0.05) is 19.6 Å². The molecular weight excluding hydrogens is 749 g/mol. The number of carbonyl (C=O) groups excluding carboxylic acids is 5. The number of likely N-dealkylation sites (tertiary alicyclic amines) is 1. The zero-order valence-electron chi connectivity index (χ0n) is 34.9. The highest BCUT2D eigenvalue weighted by Gasteiger charge is 2.40. The van der Waals surface area contributed by atoms with Crippen molar-refractivity contribution in [1.82, 2.24) is 31.1 Å². The Bertz CT molecular complexity index is 1520. The van der Waals surface area contributed by atoms with Crippen LogP contribution in [-0.2, 0) is 35.2 Å². The summed E-state index contributed by atoms with van der Waals surface area (Å²) in [6.07, 6.45) is 4.28. The van der Waals surface area contributed by atoms with Crippen LogP contribution in [0.1, 0.15) is 91.0 Å². The number of amides is 5. The fraction of sp³-hybridized carbons (Fsp3) is 0.675. The number of nitrogens with zero attached hydrogens (tertiary/aromatic N) is 3. The second-order valence-corrected chi connectivity index (χ2v) is 15.5. The minimum atomic E-state index is -1.18. The lowest BCUT2D eigenvalue weighted by Crippen LogP contribution is -2.58. The number of benzene rings is 1. The highest BCUT2D eigenvalue weighted by molar-refractivity contribution is 5.95. The Kier molecular flexibility index (Phi) is 21.5. The van der Waals surface area contributed by atoms with Gasteiger partial charge in [0.25, 0.3) is 0 Å². The van der Waals surface area contributed by atoms with Crippen molar-refractivity contribution in [3.05, 3.63) is 29.8 Å². The van der Waals surface area contributed by atoms with Gasteiger partial charge in [-0.25, -0.2) is 4.79 Å². The molecule has 0 spiro atoms. The summed E-state index contributed by atoms with van der Waals surface area (Å²) in [6.45, 7) is 7.94. The summed E-state index contributed by atoms with van der Waals surface area (Å²) in [6, 6.07) is 1.75. The molecule has 18 nitrogen and oxygen atoms in total. The minimum absolute atomic E-state index is 0.0103. The first-order chi connectivity index (χ1) is 27.5. The number of phenolic OH excluding ortho intramolecular Hbond substituents is 1. The molecule has 0 aromatic heterocycles. The molecule has 1 aliphatic heterocycles. The van der Waals surface area contributed by atoms with Gasteiger partial charge in [-0.15, -0.1) is 0 Å². The summed E-state index contributed by atoms with van der Waals surface area (Å²) in [5, 5.41) is 30.7. The van der Waals surface area contributed by atoms with E-state index in [-0.39, 0.29) is 49.0 Å². The van der Waals surface area contributed by atoms with Gasteiger partial charge in [0.05, 0.1) is 12.6 Å². The molecule has 12 N–H and O–H groups in total. The molecule has 1 aliphatic rings. The van der Waals surface area contributed by atoms with Gasteiger partial charge < -0.3 is 58.5 Å². The molecule has 0 bridgehead atoms. The predicted molar refractivity (Wildman–Crippen MR) is 221 cm³/mol. The molecular formula is C40H68N10O8. The van der Waals surface area contributed by atoms with E-state index in [1.807, 2.05) is 20.8 Å².